The highest BCUT2D eigenvalue weighted by molar-refractivity contribution is 6.30. The Morgan fingerprint density at radius 1 is 0.814 bits per heavy atom. The van der Waals surface area contributed by atoms with Gasteiger partial charge in [0.1, 0.15) is 0 Å². The minimum absolute atomic E-state index is 0.0637. The Morgan fingerprint density at radius 2 is 1.47 bits per heavy atom. The van der Waals surface area contributed by atoms with Gasteiger partial charge in [-0.1, -0.05) is 55.1 Å². The minimum atomic E-state index is -0.0637. The monoisotopic (exact) mass is 610 g/mol. The highest BCUT2D eigenvalue weighted by atomic mass is 35.5. The molecular formula is C31H43ClN8O3. The first-order valence-electron chi connectivity index (χ1n) is 15.0. The zero-order valence-electron chi connectivity index (χ0n) is 24.6. The van der Waals surface area contributed by atoms with Crippen LogP contribution in [0.25, 0.3) is 0 Å². The van der Waals surface area contributed by atoms with Gasteiger partial charge in [-0.05, 0) is 54.2 Å². The van der Waals surface area contributed by atoms with Crippen molar-refractivity contribution >= 4 is 41.0 Å². The van der Waals surface area contributed by atoms with Crippen LogP contribution in [-0.4, -0.2) is 66.9 Å². The molecule has 1 aromatic heterocycles. The van der Waals surface area contributed by atoms with Crippen LogP contribution in [0.15, 0.2) is 48.5 Å². The molecule has 232 valence electrons. The van der Waals surface area contributed by atoms with Crippen molar-refractivity contribution in [2.45, 2.75) is 45.1 Å². The van der Waals surface area contributed by atoms with E-state index in [1.54, 1.807) is 0 Å². The van der Waals surface area contributed by atoms with Crippen molar-refractivity contribution in [2.24, 2.45) is 11.7 Å². The fourth-order valence-corrected chi connectivity index (χ4v) is 4.88. The summed E-state index contributed by atoms with van der Waals surface area (Å²) >= 11 is 6.03. The number of amides is 1. The molecule has 6 N–H and O–H groups in total. The molecule has 4 rings (SSSR count). The van der Waals surface area contributed by atoms with Crippen LogP contribution in [0.1, 0.15) is 43.2 Å². The summed E-state index contributed by atoms with van der Waals surface area (Å²) in [4.78, 5) is 26.2. The summed E-state index contributed by atoms with van der Waals surface area (Å²) in [6, 6.07) is 15.3. The van der Waals surface area contributed by atoms with Crippen LogP contribution in [-0.2, 0) is 27.2 Å². The van der Waals surface area contributed by atoms with Crippen molar-refractivity contribution in [1.29, 1.82) is 0 Å². The van der Waals surface area contributed by atoms with E-state index in [1.165, 1.54) is 32.1 Å². The second kappa shape index (κ2) is 18.2. The molecule has 0 saturated heterocycles. The first-order chi connectivity index (χ1) is 21.1. The molecule has 1 aliphatic carbocycles. The van der Waals surface area contributed by atoms with Crippen LogP contribution in [0.5, 0.6) is 0 Å². The zero-order valence-corrected chi connectivity index (χ0v) is 25.4. The van der Waals surface area contributed by atoms with E-state index in [0.717, 1.165) is 23.4 Å². The van der Waals surface area contributed by atoms with Crippen molar-refractivity contribution in [1.82, 2.24) is 20.3 Å². The molecule has 2 aromatic carbocycles. The van der Waals surface area contributed by atoms with E-state index in [4.69, 9.17) is 26.8 Å². The number of rotatable bonds is 18. The highest BCUT2D eigenvalue weighted by Gasteiger charge is 2.15. The number of nitrogens with two attached hydrogens (primary N) is 1. The van der Waals surface area contributed by atoms with Gasteiger partial charge >= 0.3 is 0 Å². The molecular weight excluding hydrogens is 568 g/mol. The van der Waals surface area contributed by atoms with Crippen molar-refractivity contribution in [3.8, 4) is 0 Å². The van der Waals surface area contributed by atoms with Gasteiger partial charge < -0.3 is 36.5 Å². The van der Waals surface area contributed by atoms with E-state index in [9.17, 15) is 4.79 Å². The van der Waals surface area contributed by atoms with Crippen molar-refractivity contribution in [3.05, 3.63) is 64.7 Å². The minimum Gasteiger partial charge on any atom is -0.378 e. The summed E-state index contributed by atoms with van der Waals surface area (Å²) < 4.78 is 10.7. The molecule has 0 spiro atoms. The number of halogens is 1. The topological polar surface area (TPSA) is 148 Å². The molecule has 0 radical (unpaired) electrons. The molecule has 3 aromatic rings. The van der Waals surface area contributed by atoms with Gasteiger partial charge in [-0.3, -0.25) is 4.79 Å². The molecule has 1 aliphatic rings. The van der Waals surface area contributed by atoms with Crippen LogP contribution in [0, 0.1) is 5.92 Å². The molecule has 1 fully saturated rings. The van der Waals surface area contributed by atoms with Gasteiger partial charge in [0, 0.05) is 36.9 Å². The predicted octanol–water partition coefficient (Wildman–Crippen LogP) is 4.52. The number of hydrogen-bond acceptors (Lipinski definition) is 10. The van der Waals surface area contributed by atoms with Gasteiger partial charge in [0.25, 0.3) is 0 Å². The molecule has 0 aliphatic heterocycles. The molecule has 1 heterocycles. The first kappa shape index (κ1) is 32.4. The Labute approximate surface area is 258 Å². The SMILES string of the molecule is NCCOCCOCCNC(=O)Cc1ccc(Nc2nc(NCc3ccc(Cl)cc3)nc(NCC3CCCCC3)n2)cc1. The molecule has 0 atom stereocenters. The largest absolute Gasteiger partial charge is 0.378 e. The lowest BCUT2D eigenvalue weighted by atomic mass is 9.89. The lowest BCUT2D eigenvalue weighted by Crippen LogP contribution is -2.29. The summed E-state index contributed by atoms with van der Waals surface area (Å²) in [7, 11) is 0. The maximum Gasteiger partial charge on any atom is 0.233 e. The number of hydrogen-bond donors (Lipinski definition) is 5. The van der Waals surface area contributed by atoms with Crippen molar-refractivity contribution in [2.75, 3.05) is 62.0 Å². The Morgan fingerprint density at radius 3 is 2.19 bits per heavy atom. The summed E-state index contributed by atoms with van der Waals surface area (Å²) in [6.07, 6.45) is 6.62. The molecule has 43 heavy (non-hydrogen) atoms. The average molecular weight is 611 g/mol. The fourth-order valence-electron chi connectivity index (χ4n) is 4.75. The normalized spacial score (nSPS) is 13.4. The number of nitrogens with one attached hydrogen (secondary N) is 4. The van der Waals surface area contributed by atoms with E-state index < -0.39 is 0 Å². The Bertz CT molecular complexity index is 1240. The lowest BCUT2D eigenvalue weighted by molar-refractivity contribution is -0.120. The second-order valence-corrected chi connectivity index (χ2v) is 11.0. The Kier molecular flexibility index (Phi) is 13.7. The van der Waals surface area contributed by atoms with E-state index in [-0.39, 0.29) is 12.3 Å². The number of anilines is 4. The maximum absolute atomic E-state index is 12.3. The number of ether oxygens (including phenoxy) is 2. The Balaban J connectivity index is 1.30. The van der Waals surface area contributed by atoms with E-state index in [1.807, 2.05) is 48.5 Å². The molecule has 0 bridgehead atoms. The number of carbonyl (C=O) groups excluding carboxylic acids is 1. The summed E-state index contributed by atoms with van der Waals surface area (Å²) in [5, 5.41) is 13.6. The van der Waals surface area contributed by atoms with E-state index in [0.29, 0.717) is 74.8 Å². The number of nitrogens with zero attached hydrogens (tertiary/aromatic N) is 3. The fraction of sp³-hybridized carbons (Fsp3) is 0.484. The summed E-state index contributed by atoms with van der Waals surface area (Å²) in [6.45, 7) is 4.25. The molecule has 12 heteroatoms. The smallest absolute Gasteiger partial charge is 0.233 e. The standard InChI is InChI=1S/C31H43ClN8O3/c32-26-10-6-25(7-11-26)22-36-30-38-29(35-21-24-4-2-1-3-5-24)39-31(40-30)37-27-12-8-23(9-13-27)20-28(41)34-15-17-43-19-18-42-16-14-33/h6-13,24H,1-5,14-22,33H2,(H,34,41)(H3,35,36,37,38,39,40). The van der Waals surface area contributed by atoms with Crippen molar-refractivity contribution in [3.63, 3.8) is 0 Å². The molecule has 0 unspecified atom stereocenters. The van der Waals surface area contributed by atoms with Crippen molar-refractivity contribution < 1.29 is 14.3 Å². The Hall–Kier alpha value is -3.51. The lowest BCUT2D eigenvalue weighted by Gasteiger charge is -2.21. The van der Waals surface area contributed by atoms with E-state index >= 15 is 0 Å². The third kappa shape index (κ3) is 12.3. The van der Waals surface area contributed by atoms with Gasteiger partial charge in [0.2, 0.25) is 23.8 Å². The molecule has 1 saturated carbocycles. The molecule has 1 amide bonds. The van der Waals surface area contributed by atoms with E-state index in [2.05, 4.69) is 36.2 Å². The van der Waals surface area contributed by atoms with Gasteiger partial charge in [-0.15, -0.1) is 0 Å². The van der Waals surface area contributed by atoms with Crippen LogP contribution in [0.2, 0.25) is 5.02 Å². The quantitative estimate of drug-likeness (QED) is 0.130. The van der Waals surface area contributed by atoms with Crippen LogP contribution in [0.3, 0.4) is 0 Å². The number of benzene rings is 2. The number of carbonyl (C=O) groups is 1. The second-order valence-electron chi connectivity index (χ2n) is 10.5. The van der Waals surface area contributed by atoms with Crippen LogP contribution in [0.4, 0.5) is 23.5 Å². The third-order valence-corrected chi connectivity index (χ3v) is 7.30. The predicted molar refractivity (Wildman–Crippen MR) is 171 cm³/mol. The van der Waals surface area contributed by atoms with Gasteiger partial charge in [-0.25, -0.2) is 0 Å². The van der Waals surface area contributed by atoms with Gasteiger partial charge in [-0.2, -0.15) is 15.0 Å². The van der Waals surface area contributed by atoms with Gasteiger partial charge in [0.15, 0.2) is 0 Å². The van der Waals surface area contributed by atoms with Crippen LogP contribution < -0.4 is 27.0 Å². The van der Waals surface area contributed by atoms with Gasteiger partial charge in [0.05, 0.1) is 32.8 Å². The third-order valence-electron chi connectivity index (χ3n) is 7.05. The maximum atomic E-state index is 12.3. The number of aromatic nitrogens is 3. The molecule has 11 nitrogen and oxygen atoms in total. The summed E-state index contributed by atoms with van der Waals surface area (Å²) in [5.74, 6) is 2.00. The highest BCUT2D eigenvalue weighted by Crippen LogP contribution is 2.24. The first-order valence-corrected chi connectivity index (χ1v) is 15.4. The van der Waals surface area contributed by atoms with Crippen LogP contribution >= 0.6 is 11.6 Å². The zero-order chi connectivity index (χ0) is 30.1. The average Bonchev–Trinajstić information content (AvgIpc) is 3.02. The summed E-state index contributed by atoms with van der Waals surface area (Å²) in [5.41, 5.74) is 8.14.